The molecule has 0 unspecified atom stereocenters. The zero-order chi connectivity index (χ0) is 14.0. The van der Waals surface area contributed by atoms with Gasteiger partial charge in [0.2, 0.25) is 0 Å². The summed E-state index contributed by atoms with van der Waals surface area (Å²) in [7, 11) is 0. The number of ketones is 1. The lowest BCUT2D eigenvalue weighted by molar-refractivity contribution is 0.0940. The maximum atomic E-state index is 12.6. The van der Waals surface area contributed by atoms with E-state index in [1.807, 2.05) is 0 Å². The minimum Gasteiger partial charge on any atom is -0.398 e. The van der Waals surface area contributed by atoms with Gasteiger partial charge in [-0.25, -0.2) is 4.39 Å². The summed E-state index contributed by atoms with van der Waals surface area (Å²) in [5.74, 6) is -0.594. The Labute approximate surface area is 101 Å². The molecule has 94 valence electrons. The van der Waals surface area contributed by atoms with E-state index in [1.165, 1.54) is 12.1 Å². The highest BCUT2D eigenvalue weighted by Crippen LogP contribution is 2.17. The van der Waals surface area contributed by atoms with Gasteiger partial charge >= 0.3 is 0 Å². The Hall–Kier alpha value is -2.04. The molecule has 1 rings (SSSR count). The van der Waals surface area contributed by atoms with Crippen LogP contribution in [0.3, 0.4) is 0 Å². The Morgan fingerprint density at radius 1 is 1.29 bits per heavy atom. The Kier molecular flexibility index (Phi) is 9.40. The van der Waals surface area contributed by atoms with Gasteiger partial charge in [0.15, 0.2) is 5.78 Å². The average molecular weight is 239 g/mol. The van der Waals surface area contributed by atoms with Crippen molar-refractivity contribution in [3.63, 3.8) is 0 Å². The molecule has 4 nitrogen and oxygen atoms in total. The fourth-order valence-corrected chi connectivity index (χ4v) is 1.07. The summed E-state index contributed by atoms with van der Waals surface area (Å²) in [6.07, 6.45) is 0. The monoisotopic (exact) mass is 239 g/mol. The number of rotatable bonds is 2. The molecule has 0 radical (unpaired) electrons. The second-order valence-electron chi connectivity index (χ2n) is 3.25. The van der Waals surface area contributed by atoms with E-state index in [2.05, 4.69) is 13.4 Å². The second-order valence-corrected chi connectivity index (χ2v) is 3.25. The first kappa shape index (κ1) is 17.4. The third kappa shape index (κ3) is 5.55. The van der Waals surface area contributed by atoms with Crippen molar-refractivity contribution in [1.82, 2.24) is 0 Å². The van der Waals surface area contributed by atoms with Gasteiger partial charge in [0.1, 0.15) is 5.82 Å². The maximum Gasteiger partial charge on any atom is 0.167 e. The Morgan fingerprint density at radius 3 is 2.12 bits per heavy atom. The molecular weight excluding hydrogens is 221 g/mol. The number of nitrogens with one attached hydrogen (secondary N) is 2. The van der Waals surface area contributed by atoms with Gasteiger partial charge in [0.05, 0.1) is 0 Å². The molecular formula is C12H18FN3O. The molecule has 1 aromatic rings. The van der Waals surface area contributed by atoms with E-state index in [9.17, 15) is 9.18 Å². The lowest BCUT2D eigenvalue weighted by atomic mass is 10.00. The first-order valence-electron chi connectivity index (χ1n) is 4.82. The summed E-state index contributed by atoms with van der Waals surface area (Å²) in [5.41, 5.74) is 6.11. The molecule has 17 heavy (non-hydrogen) atoms. The predicted molar refractivity (Wildman–Crippen MR) is 69.7 cm³/mol. The number of benzene rings is 1. The third-order valence-corrected chi connectivity index (χ3v) is 1.80. The van der Waals surface area contributed by atoms with Gasteiger partial charge in [-0.05, 0) is 31.6 Å². The molecule has 0 amide bonds. The lowest BCUT2D eigenvalue weighted by Crippen LogP contribution is -2.10. The minimum atomic E-state index is -0.419. The molecule has 0 bridgehead atoms. The van der Waals surface area contributed by atoms with Gasteiger partial charge in [0.25, 0.3) is 0 Å². The van der Waals surface area contributed by atoms with Crippen LogP contribution in [0, 0.1) is 22.6 Å². The number of anilines is 1. The summed E-state index contributed by atoms with van der Waals surface area (Å²) in [5, 5.41) is 11.0. The molecule has 0 saturated carbocycles. The van der Waals surface area contributed by atoms with E-state index >= 15 is 0 Å². The normalized spacial score (nSPS) is 8.47. The summed E-state index contributed by atoms with van der Waals surface area (Å²) in [6.45, 7) is 8.57. The number of hydrogen-bond donors (Lipinski definition) is 3. The number of nitrogen functional groups attached to an aromatic ring is 1. The van der Waals surface area contributed by atoms with Crippen molar-refractivity contribution >= 4 is 24.9 Å². The van der Waals surface area contributed by atoms with Gasteiger partial charge in [-0.3, -0.25) is 4.79 Å². The van der Waals surface area contributed by atoms with Crippen LogP contribution < -0.4 is 5.73 Å². The number of halogens is 1. The Bertz CT molecular complexity index is 365. The van der Waals surface area contributed by atoms with Crippen molar-refractivity contribution in [2.75, 3.05) is 5.73 Å². The van der Waals surface area contributed by atoms with Crippen LogP contribution in [0.5, 0.6) is 0 Å². The number of hydrogen-bond acceptors (Lipinski definition) is 4. The SMILES string of the molecule is C=N.C=N.CC(C)C(=O)c1ccc(F)cc1N. The van der Waals surface area contributed by atoms with Crippen LogP contribution >= 0.6 is 0 Å². The number of nitrogens with two attached hydrogens (primary N) is 1. The van der Waals surface area contributed by atoms with Gasteiger partial charge in [0, 0.05) is 17.2 Å². The lowest BCUT2D eigenvalue weighted by Gasteiger charge is -2.06. The number of carbonyl (C=O) groups is 1. The van der Waals surface area contributed by atoms with Crippen molar-refractivity contribution in [3.8, 4) is 0 Å². The Morgan fingerprint density at radius 2 is 1.76 bits per heavy atom. The van der Waals surface area contributed by atoms with E-state index in [-0.39, 0.29) is 17.4 Å². The predicted octanol–water partition coefficient (Wildman–Crippen LogP) is 2.78. The Balaban J connectivity index is 0. The first-order chi connectivity index (χ1) is 8.02. The minimum absolute atomic E-state index is 0.0579. The molecule has 5 heteroatoms. The zero-order valence-electron chi connectivity index (χ0n) is 10.1. The van der Waals surface area contributed by atoms with E-state index in [0.717, 1.165) is 6.07 Å². The van der Waals surface area contributed by atoms with Crippen LogP contribution in [0.25, 0.3) is 0 Å². The van der Waals surface area contributed by atoms with Crippen molar-refractivity contribution in [2.24, 2.45) is 5.92 Å². The number of Topliss-reactive ketones (excluding diaryl/α,β-unsaturated/α-hetero) is 1. The van der Waals surface area contributed by atoms with Crippen LogP contribution in [0.1, 0.15) is 24.2 Å². The summed E-state index contributed by atoms with van der Waals surface area (Å²) in [6, 6.07) is 3.83. The fraction of sp³-hybridized carbons (Fsp3) is 0.250. The molecule has 0 heterocycles. The maximum absolute atomic E-state index is 12.6. The quantitative estimate of drug-likeness (QED) is 0.420. The molecule has 0 saturated heterocycles. The molecule has 1 aromatic carbocycles. The van der Waals surface area contributed by atoms with Crippen LogP contribution in [0.4, 0.5) is 10.1 Å². The van der Waals surface area contributed by atoms with Crippen molar-refractivity contribution in [1.29, 1.82) is 10.8 Å². The highest BCUT2D eigenvalue weighted by atomic mass is 19.1. The topological polar surface area (TPSA) is 90.8 Å². The van der Waals surface area contributed by atoms with Crippen LogP contribution in [-0.2, 0) is 0 Å². The summed E-state index contributed by atoms with van der Waals surface area (Å²) >= 11 is 0. The second kappa shape index (κ2) is 9.21. The van der Waals surface area contributed by atoms with Crippen molar-refractivity contribution < 1.29 is 9.18 Å². The van der Waals surface area contributed by atoms with Gasteiger partial charge in [-0.1, -0.05) is 13.8 Å². The highest BCUT2D eigenvalue weighted by molar-refractivity contribution is 6.01. The largest absolute Gasteiger partial charge is 0.398 e. The molecule has 0 aliphatic rings. The molecule has 0 atom stereocenters. The fourth-order valence-electron chi connectivity index (χ4n) is 1.07. The third-order valence-electron chi connectivity index (χ3n) is 1.80. The van der Waals surface area contributed by atoms with Crippen LogP contribution in [0.15, 0.2) is 18.2 Å². The summed E-state index contributed by atoms with van der Waals surface area (Å²) in [4.78, 5) is 11.5. The van der Waals surface area contributed by atoms with Crippen molar-refractivity contribution in [2.45, 2.75) is 13.8 Å². The van der Waals surface area contributed by atoms with E-state index in [1.54, 1.807) is 13.8 Å². The molecule has 0 aromatic heterocycles. The van der Waals surface area contributed by atoms with E-state index in [0.29, 0.717) is 5.56 Å². The average Bonchev–Trinajstić information content (AvgIpc) is 2.33. The van der Waals surface area contributed by atoms with Gasteiger partial charge in [-0.2, -0.15) is 0 Å². The molecule has 0 aliphatic carbocycles. The zero-order valence-corrected chi connectivity index (χ0v) is 10.1. The highest BCUT2D eigenvalue weighted by Gasteiger charge is 2.13. The standard InChI is InChI=1S/C10H12FNO.2CH3N/c1-6(2)10(13)8-4-3-7(11)5-9(8)12;2*1-2/h3-6H,12H2,1-2H3;2*2H,1H2. The van der Waals surface area contributed by atoms with Crippen molar-refractivity contribution in [3.05, 3.63) is 29.6 Å². The molecule has 4 N–H and O–H groups in total. The van der Waals surface area contributed by atoms with Crippen LogP contribution in [-0.4, -0.2) is 19.2 Å². The van der Waals surface area contributed by atoms with E-state index < -0.39 is 5.82 Å². The first-order valence-corrected chi connectivity index (χ1v) is 4.82. The van der Waals surface area contributed by atoms with Gasteiger partial charge in [-0.15, -0.1) is 0 Å². The smallest absolute Gasteiger partial charge is 0.167 e. The molecule has 0 spiro atoms. The number of carbonyl (C=O) groups excluding carboxylic acids is 1. The molecule has 0 aliphatic heterocycles. The summed E-state index contributed by atoms with van der Waals surface area (Å²) < 4.78 is 12.6. The van der Waals surface area contributed by atoms with Crippen LogP contribution in [0.2, 0.25) is 0 Å². The van der Waals surface area contributed by atoms with Gasteiger partial charge < -0.3 is 16.6 Å². The van der Waals surface area contributed by atoms with E-state index in [4.69, 9.17) is 16.6 Å². The molecule has 0 fully saturated rings.